The summed E-state index contributed by atoms with van der Waals surface area (Å²) in [5.41, 5.74) is 0. The van der Waals surface area contributed by atoms with Crippen LogP contribution in [0.3, 0.4) is 0 Å². The van der Waals surface area contributed by atoms with Crippen molar-refractivity contribution in [1.29, 1.82) is 0 Å². The molecule has 0 radical (unpaired) electrons. The number of rotatable bonds is 1. The van der Waals surface area contributed by atoms with Gasteiger partial charge >= 0.3 is 0 Å². The molecule has 2 fully saturated rings. The zero-order valence-electron chi connectivity index (χ0n) is 11.5. The molecule has 0 aromatic heterocycles. The molecule has 4 unspecified atom stereocenters. The topological polar surface area (TPSA) is 24.4 Å². The summed E-state index contributed by atoms with van der Waals surface area (Å²) < 4.78 is 0. The first kappa shape index (κ1) is 12.8. The minimum absolute atomic E-state index is 0.642. The minimum Gasteiger partial charge on any atom is -0.362 e. The van der Waals surface area contributed by atoms with Gasteiger partial charge in [-0.1, -0.05) is 44.4 Å². The number of nitrogens with one attached hydrogen (secondary N) is 1. The van der Waals surface area contributed by atoms with E-state index in [4.69, 9.17) is 4.99 Å². The van der Waals surface area contributed by atoms with Crippen LogP contribution in [0.4, 0.5) is 0 Å². The number of nitrogens with zero attached hydrogens (tertiary/aromatic N) is 1. The van der Waals surface area contributed by atoms with E-state index in [1.807, 2.05) is 11.8 Å². The summed E-state index contributed by atoms with van der Waals surface area (Å²) in [6.07, 6.45) is 11.1. The Morgan fingerprint density at radius 3 is 2.89 bits per heavy atom. The molecule has 0 amide bonds. The van der Waals surface area contributed by atoms with Crippen LogP contribution in [0.1, 0.15) is 58.3 Å². The quantitative estimate of drug-likeness (QED) is 0.780. The summed E-state index contributed by atoms with van der Waals surface area (Å²) in [7, 11) is 0. The Kier molecular flexibility index (Phi) is 4.17. The Labute approximate surface area is 115 Å². The Bertz CT molecular complexity index is 316. The predicted molar refractivity (Wildman–Crippen MR) is 80.2 cm³/mol. The maximum atomic E-state index is 4.99. The second-order valence-corrected chi connectivity index (χ2v) is 7.48. The van der Waals surface area contributed by atoms with Gasteiger partial charge in [0.05, 0.1) is 6.04 Å². The summed E-state index contributed by atoms with van der Waals surface area (Å²) in [5.74, 6) is 3.08. The van der Waals surface area contributed by atoms with Crippen molar-refractivity contribution in [3.05, 3.63) is 0 Å². The number of fused-ring (bicyclic) bond motifs is 1. The van der Waals surface area contributed by atoms with Gasteiger partial charge in [-0.25, -0.2) is 0 Å². The summed E-state index contributed by atoms with van der Waals surface area (Å²) in [6, 6.07) is 1.34. The number of hydrogen-bond acceptors (Lipinski definition) is 3. The van der Waals surface area contributed by atoms with Gasteiger partial charge < -0.3 is 5.32 Å². The zero-order valence-corrected chi connectivity index (χ0v) is 12.3. The van der Waals surface area contributed by atoms with Crippen LogP contribution >= 0.6 is 11.8 Å². The van der Waals surface area contributed by atoms with Gasteiger partial charge in [0.25, 0.3) is 0 Å². The van der Waals surface area contributed by atoms with Crippen LogP contribution in [-0.2, 0) is 0 Å². The fourth-order valence-electron chi connectivity index (χ4n) is 3.75. The van der Waals surface area contributed by atoms with Crippen molar-refractivity contribution < 1.29 is 0 Å². The fraction of sp³-hybridized carbons (Fsp3) is 0.933. The van der Waals surface area contributed by atoms with Gasteiger partial charge in [-0.05, 0) is 37.5 Å². The highest BCUT2D eigenvalue weighted by molar-refractivity contribution is 8.13. The summed E-state index contributed by atoms with van der Waals surface area (Å²) in [4.78, 5) is 4.99. The molecule has 1 N–H and O–H groups in total. The van der Waals surface area contributed by atoms with Gasteiger partial charge in [0, 0.05) is 11.8 Å². The third kappa shape index (κ3) is 3.04. The lowest BCUT2D eigenvalue weighted by Crippen LogP contribution is -2.41. The molecule has 2 saturated carbocycles. The second-order valence-electron chi connectivity index (χ2n) is 6.47. The number of thioether (sulfide) groups is 1. The van der Waals surface area contributed by atoms with Crippen LogP contribution in [0.2, 0.25) is 0 Å². The Balaban J connectivity index is 1.57. The summed E-state index contributed by atoms with van der Waals surface area (Å²) >= 11 is 1.98. The third-order valence-corrected chi connectivity index (χ3v) is 5.94. The van der Waals surface area contributed by atoms with Crippen molar-refractivity contribution in [2.24, 2.45) is 16.8 Å². The van der Waals surface area contributed by atoms with Crippen molar-refractivity contribution in [3.63, 3.8) is 0 Å². The molecule has 0 aromatic carbocycles. The highest BCUT2D eigenvalue weighted by Gasteiger charge is 2.30. The Morgan fingerprint density at radius 2 is 2.00 bits per heavy atom. The molecule has 3 heteroatoms. The smallest absolute Gasteiger partial charge is 0.157 e. The molecule has 3 rings (SSSR count). The molecule has 0 saturated heterocycles. The second kappa shape index (κ2) is 5.85. The van der Waals surface area contributed by atoms with Gasteiger partial charge in [0.2, 0.25) is 0 Å². The Hall–Kier alpha value is -0.180. The molecule has 18 heavy (non-hydrogen) atoms. The first-order chi connectivity index (χ1) is 8.81. The molecule has 1 aliphatic heterocycles. The van der Waals surface area contributed by atoms with E-state index in [0.717, 1.165) is 11.8 Å². The summed E-state index contributed by atoms with van der Waals surface area (Å²) in [6.45, 7) is 2.39. The van der Waals surface area contributed by atoms with E-state index < -0.39 is 0 Å². The van der Waals surface area contributed by atoms with Crippen LogP contribution in [0, 0.1) is 11.8 Å². The Morgan fingerprint density at radius 1 is 1.11 bits per heavy atom. The van der Waals surface area contributed by atoms with E-state index in [1.165, 1.54) is 62.3 Å². The first-order valence-electron chi connectivity index (χ1n) is 7.78. The predicted octanol–water partition coefficient (Wildman–Crippen LogP) is 3.82. The van der Waals surface area contributed by atoms with Gasteiger partial charge in [0.1, 0.15) is 0 Å². The van der Waals surface area contributed by atoms with E-state index >= 15 is 0 Å². The van der Waals surface area contributed by atoms with Crippen molar-refractivity contribution in [3.8, 4) is 0 Å². The standard InChI is InChI=1S/C15H26N2S/c1-11-5-4-7-13(9-11)16-15-17-14-8-3-2-6-12(14)10-18-15/h11-14H,2-10H2,1H3,(H,16,17). The maximum Gasteiger partial charge on any atom is 0.157 e. The van der Waals surface area contributed by atoms with Crippen molar-refractivity contribution in [2.75, 3.05) is 5.75 Å². The largest absolute Gasteiger partial charge is 0.362 e. The SMILES string of the molecule is CC1CCCC(NC2=NC3CCCCC3CS2)C1. The number of amidine groups is 1. The van der Waals surface area contributed by atoms with Crippen molar-refractivity contribution in [1.82, 2.24) is 5.32 Å². The van der Waals surface area contributed by atoms with Crippen LogP contribution in [0.5, 0.6) is 0 Å². The molecule has 0 spiro atoms. The lowest BCUT2D eigenvalue weighted by molar-refractivity contribution is 0.320. The molecule has 102 valence electrons. The van der Waals surface area contributed by atoms with E-state index in [-0.39, 0.29) is 0 Å². The first-order valence-corrected chi connectivity index (χ1v) is 8.77. The van der Waals surface area contributed by atoms with Crippen LogP contribution in [-0.4, -0.2) is 23.0 Å². The molecular weight excluding hydrogens is 240 g/mol. The average Bonchev–Trinajstić information content (AvgIpc) is 2.39. The van der Waals surface area contributed by atoms with E-state index in [9.17, 15) is 0 Å². The fourth-order valence-corrected chi connectivity index (χ4v) is 4.97. The van der Waals surface area contributed by atoms with Gasteiger partial charge in [-0.2, -0.15) is 0 Å². The monoisotopic (exact) mass is 266 g/mol. The zero-order chi connectivity index (χ0) is 12.4. The van der Waals surface area contributed by atoms with Crippen LogP contribution in [0.15, 0.2) is 4.99 Å². The molecule has 4 atom stereocenters. The average molecular weight is 266 g/mol. The van der Waals surface area contributed by atoms with Crippen LogP contribution in [0.25, 0.3) is 0 Å². The van der Waals surface area contributed by atoms with Crippen molar-refractivity contribution >= 4 is 16.9 Å². The van der Waals surface area contributed by atoms with Crippen molar-refractivity contribution in [2.45, 2.75) is 70.4 Å². The van der Waals surface area contributed by atoms with Gasteiger partial charge in [-0.3, -0.25) is 4.99 Å². The highest BCUT2D eigenvalue weighted by atomic mass is 32.2. The highest BCUT2D eigenvalue weighted by Crippen LogP contribution is 2.34. The van der Waals surface area contributed by atoms with E-state index in [0.29, 0.717) is 12.1 Å². The van der Waals surface area contributed by atoms with E-state index in [2.05, 4.69) is 12.2 Å². The lowest BCUT2D eigenvalue weighted by Gasteiger charge is -2.35. The molecule has 0 bridgehead atoms. The van der Waals surface area contributed by atoms with Crippen LogP contribution < -0.4 is 5.32 Å². The maximum absolute atomic E-state index is 4.99. The lowest BCUT2D eigenvalue weighted by atomic mass is 9.86. The molecule has 2 aliphatic carbocycles. The molecule has 3 aliphatic rings. The molecule has 1 heterocycles. The molecule has 2 nitrogen and oxygen atoms in total. The van der Waals surface area contributed by atoms with Gasteiger partial charge in [-0.15, -0.1) is 0 Å². The van der Waals surface area contributed by atoms with Gasteiger partial charge in [0.15, 0.2) is 5.17 Å². The third-order valence-electron chi connectivity index (χ3n) is 4.85. The summed E-state index contributed by atoms with van der Waals surface area (Å²) in [5, 5.41) is 5.00. The number of hydrogen-bond donors (Lipinski definition) is 1. The van der Waals surface area contributed by atoms with E-state index in [1.54, 1.807) is 0 Å². The normalized spacial score (nSPS) is 40.8. The minimum atomic E-state index is 0.642. The molecular formula is C15H26N2S. The molecule has 0 aromatic rings. The number of aliphatic imine (C=N–C) groups is 1.